The molecule has 0 aromatic heterocycles. The third kappa shape index (κ3) is 1.63. The molecule has 0 fully saturated rings. The second-order valence-corrected chi connectivity index (χ2v) is 2.82. The highest BCUT2D eigenvalue weighted by Gasteiger charge is 2.12. The molecule has 0 amide bonds. The molecule has 1 aliphatic carbocycles. The normalized spacial score (nSPS) is 20.3. The topological polar surface area (TPSA) is 0 Å². The molecular weight excluding hydrogens is 108 g/mol. The molecule has 0 aliphatic heterocycles. The van der Waals surface area contributed by atoms with Crippen molar-refractivity contribution in [3.8, 4) is 0 Å². The zero-order valence-electron chi connectivity index (χ0n) is 6.31. The molecule has 0 N–H and O–H groups in total. The quantitative estimate of drug-likeness (QED) is 0.432. The Morgan fingerprint density at radius 3 is 2.00 bits per heavy atom. The summed E-state index contributed by atoms with van der Waals surface area (Å²) in [5.41, 5.74) is 2.78. The average molecular weight is 121 g/mol. The van der Waals surface area contributed by atoms with Crippen LogP contribution in [0.1, 0.15) is 20.8 Å². The van der Waals surface area contributed by atoms with Gasteiger partial charge in [0.05, 0.1) is 17.1 Å². The Labute approximate surface area is 57.3 Å². The SMILES string of the molecule is CC1=CC(C)C=C(C)[CH+]1. The predicted molar refractivity (Wildman–Crippen MR) is 41.0 cm³/mol. The fourth-order valence-corrected chi connectivity index (χ4v) is 1.33. The smallest absolute Gasteiger partial charge is 0.0316 e. The van der Waals surface area contributed by atoms with E-state index in [1.165, 1.54) is 11.1 Å². The van der Waals surface area contributed by atoms with Crippen molar-refractivity contribution in [2.24, 2.45) is 5.92 Å². The number of hydrogen-bond donors (Lipinski definition) is 0. The van der Waals surface area contributed by atoms with E-state index in [0.717, 1.165) is 0 Å². The van der Waals surface area contributed by atoms with Crippen LogP contribution in [0.4, 0.5) is 0 Å². The summed E-state index contributed by atoms with van der Waals surface area (Å²) < 4.78 is 0. The van der Waals surface area contributed by atoms with E-state index < -0.39 is 0 Å². The number of allylic oxidation sites excluding steroid dienone is 4. The molecule has 0 heterocycles. The van der Waals surface area contributed by atoms with Gasteiger partial charge in [0.15, 0.2) is 0 Å². The van der Waals surface area contributed by atoms with E-state index in [9.17, 15) is 0 Å². The van der Waals surface area contributed by atoms with Crippen molar-refractivity contribution in [2.45, 2.75) is 20.8 Å². The Morgan fingerprint density at radius 1 is 1.22 bits per heavy atom. The minimum Gasteiger partial charge on any atom is -0.0316 e. The fraction of sp³-hybridized carbons (Fsp3) is 0.444. The number of hydrogen-bond acceptors (Lipinski definition) is 0. The lowest BCUT2D eigenvalue weighted by Gasteiger charge is -2.03. The van der Waals surface area contributed by atoms with Crippen molar-refractivity contribution in [3.05, 3.63) is 29.7 Å². The summed E-state index contributed by atoms with van der Waals surface area (Å²) in [4.78, 5) is 0. The summed E-state index contributed by atoms with van der Waals surface area (Å²) in [5.74, 6) is 0.634. The van der Waals surface area contributed by atoms with Gasteiger partial charge < -0.3 is 0 Å². The standard InChI is InChI=1S/C9H13/c1-7-4-8(2)6-9(3)5-7/h4-7H,1-3H3/q+1. The molecule has 0 aromatic carbocycles. The first-order chi connectivity index (χ1) is 4.18. The molecule has 0 unspecified atom stereocenters. The van der Waals surface area contributed by atoms with E-state index in [2.05, 4.69) is 39.3 Å². The Bertz CT molecular complexity index is 143. The molecule has 0 heteroatoms. The van der Waals surface area contributed by atoms with Crippen LogP contribution in [0.25, 0.3) is 0 Å². The fourth-order valence-electron chi connectivity index (χ4n) is 1.33. The molecule has 0 spiro atoms. The summed E-state index contributed by atoms with van der Waals surface area (Å²) >= 11 is 0. The van der Waals surface area contributed by atoms with Crippen molar-refractivity contribution < 1.29 is 0 Å². The van der Waals surface area contributed by atoms with Gasteiger partial charge in [0.2, 0.25) is 0 Å². The van der Waals surface area contributed by atoms with Crippen molar-refractivity contribution >= 4 is 0 Å². The molecule has 0 bridgehead atoms. The lowest BCUT2D eigenvalue weighted by atomic mass is 9.94. The molecule has 9 heavy (non-hydrogen) atoms. The zero-order chi connectivity index (χ0) is 6.85. The zero-order valence-corrected chi connectivity index (χ0v) is 6.31. The van der Waals surface area contributed by atoms with Crippen LogP contribution in [-0.4, -0.2) is 0 Å². The van der Waals surface area contributed by atoms with Crippen molar-refractivity contribution in [1.29, 1.82) is 0 Å². The maximum absolute atomic E-state index is 2.27. The molecule has 0 atom stereocenters. The molecule has 0 aromatic rings. The van der Waals surface area contributed by atoms with E-state index >= 15 is 0 Å². The molecule has 1 aliphatic rings. The monoisotopic (exact) mass is 121 g/mol. The minimum absolute atomic E-state index is 0.634. The molecule has 48 valence electrons. The van der Waals surface area contributed by atoms with Crippen LogP contribution in [0, 0.1) is 12.3 Å². The largest absolute Gasteiger partial charge is 0.0804 e. The Kier molecular flexibility index (Phi) is 1.65. The Morgan fingerprint density at radius 2 is 1.67 bits per heavy atom. The highest BCUT2D eigenvalue weighted by Crippen LogP contribution is 2.19. The van der Waals surface area contributed by atoms with Gasteiger partial charge in [-0.15, -0.1) is 0 Å². The van der Waals surface area contributed by atoms with E-state index in [4.69, 9.17) is 0 Å². The van der Waals surface area contributed by atoms with Crippen LogP contribution in [0.5, 0.6) is 0 Å². The maximum atomic E-state index is 2.27. The van der Waals surface area contributed by atoms with Crippen LogP contribution in [0.3, 0.4) is 0 Å². The van der Waals surface area contributed by atoms with E-state index in [-0.39, 0.29) is 0 Å². The molecule has 1 rings (SSSR count). The van der Waals surface area contributed by atoms with E-state index in [1.807, 2.05) is 0 Å². The van der Waals surface area contributed by atoms with Crippen LogP contribution in [-0.2, 0) is 0 Å². The van der Waals surface area contributed by atoms with Gasteiger partial charge in [0.1, 0.15) is 0 Å². The summed E-state index contributed by atoms with van der Waals surface area (Å²) in [7, 11) is 0. The lowest BCUT2D eigenvalue weighted by Crippen LogP contribution is -1.96. The van der Waals surface area contributed by atoms with Crippen molar-refractivity contribution in [2.75, 3.05) is 0 Å². The van der Waals surface area contributed by atoms with Crippen LogP contribution in [0.2, 0.25) is 0 Å². The van der Waals surface area contributed by atoms with Gasteiger partial charge in [-0.2, -0.15) is 0 Å². The Balaban J connectivity index is 2.69. The molecule has 0 saturated carbocycles. The van der Waals surface area contributed by atoms with Gasteiger partial charge in [-0.1, -0.05) is 0 Å². The van der Waals surface area contributed by atoms with Crippen molar-refractivity contribution in [1.82, 2.24) is 0 Å². The highest BCUT2D eigenvalue weighted by atomic mass is 14.1. The summed E-state index contributed by atoms with van der Waals surface area (Å²) in [6.45, 7) is 6.50. The lowest BCUT2D eigenvalue weighted by molar-refractivity contribution is 0.896. The average Bonchev–Trinajstić information content (AvgIpc) is 1.59. The van der Waals surface area contributed by atoms with E-state index in [0.29, 0.717) is 5.92 Å². The first-order valence-electron chi connectivity index (χ1n) is 3.40. The van der Waals surface area contributed by atoms with Gasteiger partial charge in [0, 0.05) is 18.6 Å². The highest BCUT2D eigenvalue weighted by molar-refractivity contribution is 5.33. The third-order valence-electron chi connectivity index (χ3n) is 1.51. The molecule has 0 radical (unpaired) electrons. The first kappa shape index (κ1) is 6.47. The van der Waals surface area contributed by atoms with Gasteiger partial charge in [-0.3, -0.25) is 0 Å². The molecule has 0 nitrogen and oxygen atoms in total. The van der Waals surface area contributed by atoms with Crippen LogP contribution < -0.4 is 0 Å². The predicted octanol–water partition coefficient (Wildman–Crippen LogP) is 2.73. The maximum Gasteiger partial charge on any atom is 0.0804 e. The number of rotatable bonds is 0. The van der Waals surface area contributed by atoms with Gasteiger partial charge in [0.25, 0.3) is 0 Å². The second-order valence-electron chi connectivity index (χ2n) is 2.82. The van der Waals surface area contributed by atoms with Crippen LogP contribution >= 0.6 is 0 Å². The van der Waals surface area contributed by atoms with Gasteiger partial charge in [-0.05, 0) is 20.8 Å². The van der Waals surface area contributed by atoms with E-state index in [1.54, 1.807) is 0 Å². The van der Waals surface area contributed by atoms with Gasteiger partial charge >= 0.3 is 0 Å². The summed E-state index contributed by atoms with van der Waals surface area (Å²) in [6.07, 6.45) is 6.75. The third-order valence-corrected chi connectivity index (χ3v) is 1.51. The van der Waals surface area contributed by atoms with Crippen LogP contribution in [0.15, 0.2) is 23.3 Å². The minimum atomic E-state index is 0.634. The first-order valence-corrected chi connectivity index (χ1v) is 3.40. The van der Waals surface area contributed by atoms with Crippen molar-refractivity contribution in [3.63, 3.8) is 0 Å². The second kappa shape index (κ2) is 2.30. The molecular formula is C9H13+. The van der Waals surface area contributed by atoms with Gasteiger partial charge in [-0.25, -0.2) is 0 Å². The molecule has 0 saturated heterocycles. The summed E-state index contributed by atoms with van der Waals surface area (Å²) in [5, 5.41) is 0. The Hall–Kier alpha value is -0.650. The summed E-state index contributed by atoms with van der Waals surface area (Å²) in [6, 6.07) is 0.